The molecule has 162 valence electrons. The number of thiocarbonyl (C=S) groups is 1. The summed E-state index contributed by atoms with van der Waals surface area (Å²) in [5, 5.41) is 3.55. The van der Waals surface area contributed by atoms with Crippen molar-refractivity contribution in [3.63, 3.8) is 0 Å². The minimum absolute atomic E-state index is 0.0764. The van der Waals surface area contributed by atoms with Crippen LogP contribution in [0.15, 0.2) is 48.2 Å². The first kappa shape index (κ1) is 21.3. The fourth-order valence-corrected chi connectivity index (χ4v) is 4.36. The molecule has 0 aromatic heterocycles. The minimum atomic E-state index is -0.282. The molecule has 0 unspecified atom stereocenters. The van der Waals surface area contributed by atoms with Crippen molar-refractivity contribution in [1.82, 2.24) is 10.2 Å². The van der Waals surface area contributed by atoms with Gasteiger partial charge in [-0.2, -0.15) is 0 Å². The Bertz CT molecular complexity index is 1000. The summed E-state index contributed by atoms with van der Waals surface area (Å²) in [5.41, 5.74) is 2.12. The quantitative estimate of drug-likeness (QED) is 0.516. The number of hydrogen-bond acceptors (Lipinski definition) is 4. The molecular formula is C24H25FN2O3S. The Morgan fingerprint density at radius 2 is 1.87 bits per heavy atom. The van der Waals surface area contributed by atoms with Crippen LogP contribution in [-0.2, 0) is 11.4 Å². The Labute approximate surface area is 186 Å². The summed E-state index contributed by atoms with van der Waals surface area (Å²) in [6.45, 7) is 0.293. The molecule has 1 aliphatic heterocycles. The number of hydrogen-bond donors (Lipinski definition) is 1. The van der Waals surface area contributed by atoms with Crippen molar-refractivity contribution in [3.8, 4) is 11.5 Å². The van der Waals surface area contributed by atoms with E-state index in [-0.39, 0.29) is 17.8 Å². The van der Waals surface area contributed by atoms with Gasteiger partial charge in [0, 0.05) is 6.04 Å². The molecule has 2 aliphatic rings. The number of rotatable bonds is 6. The average molecular weight is 441 g/mol. The number of carbonyl (C=O) groups excluding carboxylic acids is 1. The van der Waals surface area contributed by atoms with Gasteiger partial charge in [-0.25, -0.2) is 4.39 Å². The molecule has 2 fully saturated rings. The number of halogens is 1. The van der Waals surface area contributed by atoms with Gasteiger partial charge in [-0.15, -0.1) is 0 Å². The van der Waals surface area contributed by atoms with E-state index in [1.807, 2.05) is 12.1 Å². The normalized spacial score (nSPS) is 18.4. The van der Waals surface area contributed by atoms with E-state index in [9.17, 15) is 9.18 Å². The Kier molecular flexibility index (Phi) is 6.51. The number of amides is 1. The van der Waals surface area contributed by atoms with E-state index in [1.54, 1.807) is 36.3 Å². The number of benzene rings is 2. The Morgan fingerprint density at radius 1 is 1.13 bits per heavy atom. The minimum Gasteiger partial charge on any atom is -0.493 e. The van der Waals surface area contributed by atoms with Crippen LogP contribution >= 0.6 is 12.2 Å². The van der Waals surface area contributed by atoms with Gasteiger partial charge in [-0.05, 0) is 66.5 Å². The monoisotopic (exact) mass is 440 g/mol. The van der Waals surface area contributed by atoms with Crippen molar-refractivity contribution < 1.29 is 18.7 Å². The molecule has 0 spiro atoms. The molecule has 1 heterocycles. The Morgan fingerprint density at radius 3 is 2.58 bits per heavy atom. The summed E-state index contributed by atoms with van der Waals surface area (Å²) in [7, 11) is 1.57. The van der Waals surface area contributed by atoms with Gasteiger partial charge < -0.3 is 14.8 Å². The molecule has 1 N–H and O–H groups in total. The van der Waals surface area contributed by atoms with Crippen LogP contribution in [0.4, 0.5) is 4.39 Å². The van der Waals surface area contributed by atoms with Crippen molar-refractivity contribution in [1.29, 1.82) is 0 Å². The summed E-state index contributed by atoms with van der Waals surface area (Å²) in [6, 6.07) is 11.8. The highest BCUT2D eigenvalue weighted by Gasteiger charge is 2.36. The molecule has 1 saturated carbocycles. The highest BCUT2D eigenvalue weighted by molar-refractivity contribution is 7.80. The second-order valence-corrected chi connectivity index (χ2v) is 8.17. The third-order valence-electron chi connectivity index (χ3n) is 5.66. The van der Waals surface area contributed by atoms with Gasteiger partial charge in [-0.3, -0.25) is 9.69 Å². The van der Waals surface area contributed by atoms with Crippen molar-refractivity contribution in [3.05, 3.63) is 65.1 Å². The zero-order chi connectivity index (χ0) is 21.8. The summed E-state index contributed by atoms with van der Waals surface area (Å²) >= 11 is 5.44. The summed E-state index contributed by atoms with van der Waals surface area (Å²) in [4.78, 5) is 14.7. The van der Waals surface area contributed by atoms with Crippen LogP contribution < -0.4 is 14.8 Å². The zero-order valence-electron chi connectivity index (χ0n) is 17.4. The predicted molar refractivity (Wildman–Crippen MR) is 121 cm³/mol. The van der Waals surface area contributed by atoms with Crippen LogP contribution in [0.25, 0.3) is 6.08 Å². The fourth-order valence-electron chi connectivity index (χ4n) is 4.02. The molecule has 5 nitrogen and oxygen atoms in total. The van der Waals surface area contributed by atoms with E-state index >= 15 is 0 Å². The van der Waals surface area contributed by atoms with Crippen LogP contribution in [0, 0.1) is 5.82 Å². The summed E-state index contributed by atoms with van der Waals surface area (Å²) in [6.07, 6.45) is 7.25. The molecular weight excluding hydrogens is 415 g/mol. The lowest BCUT2D eigenvalue weighted by atomic mass is 9.94. The van der Waals surface area contributed by atoms with Crippen molar-refractivity contribution in [2.45, 2.75) is 44.8 Å². The van der Waals surface area contributed by atoms with Crippen LogP contribution in [0.5, 0.6) is 11.5 Å². The molecule has 4 rings (SSSR count). The SMILES string of the molecule is COc1cc(/C=C2\NC(=S)N(C3CCCCC3)C2=O)ccc1OCc1ccc(F)cc1. The van der Waals surface area contributed by atoms with E-state index in [4.69, 9.17) is 21.7 Å². The van der Waals surface area contributed by atoms with E-state index < -0.39 is 0 Å². The van der Waals surface area contributed by atoms with E-state index in [0.29, 0.717) is 28.9 Å². The van der Waals surface area contributed by atoms with Gasteiger partial charge in [0.1, 0.15) is 18.1 Å². The first-order valence-electron chi connectivity index (χ1n) is 10.5. The third-order valence-corrected chi connectivity index (χ3v) is 5.95. The summed E-state index contributed by atoms with van der Waals surface area (Å²) in [5.74, 6) is 0.760. The van der Waals surface area contributed by atoms with Crippen molar-refractivity contribution in [2.75, 3.05) is 7.11 Å². The maximum absolute atomic E-state index is 13.1. The van der Waals surface area contributed by atoms with Crippen LogP contribution in [-0.4, -0.2) is 29.1 Å². The lowest BCUT2D eigenvalue weighted by molar-refractivity contribution is -0.124. The highest BCUT2D eigenvalue weighted by Crippen LogP contribution is 2.31. The Hall–Kier alpha value is -2.93. The number of ether oxygens (including phenoxy) is 2. The zero-order valence-corrected chi connectivity index (χ0v) is 18.2. The van der Waals surface area contributed by atoms with Crippen LogP contribution in [0.2, 0.25) is 0 Å². The van der Waals surface area contributed by atoms with E-state index in [0.717, 1.165) is 36.8 Å². The third kappa shape index (κ3) is 4.88. The molecule has 1 saturated heterocycles. The maximum Gasteiger partial charge on any atom is 0.276 e. The molecule has 0 bridgehead atoms. The maximum atomic E-state index is 13.1. The lowest BCUT2D eigenvalue weighted by Gasteiger charge is -2.29. The van der Waals surface area contributed by atoms with Gasteiger partial charge in [0.25, 0.3) is 5.91 Å². The van der Waals surface area contributed by atoms with Gasteiger partial charge in [-0.1, -0.05) is 37.5 Å². The second-order valence-electron chi connectivity index (χ2n) is 7.78. The fraction of sp³-hybridized carbons (Fsp3) is 0.333. The first-order chi connectivity index (χ1) is 15.0. The van der Waals surface area contributed by atoms with Crippen molar-refractivity contribution in [2.24, 2.45) is 0 Å². The first-order valence-corrected chi connectivity index (χ1v) is 10.9. The van der Waals surface area contributed by atoms with Crippen molar-refractivity contribution >= 4 is 29.3 Å². The van der Waals surface area contributed by atoms with E-state index in [1.165, 1.54) is 18.6 Å². The molecule has 0 atom stereocenters. The number of methoxy groups -OCH3 is 1. The van der Waals surface area contributed by atoms with Crippen LogP contribution in [0.1, 0.15) is 43.2 Å². The van der Waals surface area contributed by atoms with Gasteiger partial charge in [0.2, 0.25) is 0 Å². The van der Waals surface area contributed by atoms with Gasteiger partial charge in [0.15, 0.2) is 16.6 Å². The smallest absolute Gasteiger partial charge is 0.276 e. The molecule has 31 heavy (non-hydrogen) atoms. The predicted octanol–water partition coefficient (Wildman–Crippen LogP) is 4.80. The van der Waals surface area contributed by atoms with E-state index in [2.05, 4.69) is 5.32 Å². The number of nitrogens with zero attached hydrogens (tertiary/aromatic N) is 1. The van der Waals surface area contributed by atoms with Gasteiger partial charge in [0.05, 0.1) is 7.11 Å². The molecule has 7 heteroatoms. The molecule has 2 aromatic carbocycles. The largest absolute Gasteiger partial charge is 0.493 e. The number of carbonyl (C=O) groups is 1. The van der Waals surface area contributed by atoms with Gasteiger partial charge >= 0.3 is 0 Å². The molecule has 0 radical (unpaired) electrons. The highest BCUT2D eigenvalue weighted by atomic mass is 32.1. The lowest BCUT2D eigenvalue weighted by Crippen LogP contribution is -2.41. The molecule has 1 aliphatic carbocycles. The number of nitrogens with one attached hydrogen (secondary N) is 1. The standard InChI is InChI=1S/C24H25FN2O3S/c1-29-22-14-17(9-12-21(22)30-15-16-7-10-18(25)11-8-16)13-20-23(28)27(24(31)26-20)19-5-3-2-4-6-19/h7-14,19H,2-6,15H2,1H3,(H,26,31)/b20-13-. The average Bonchev–Trinajstić information content (AvgIpc) is 3.07. The molecule has 1 amide bonds. The topological polar surface area (TPSA) is 50.8 Å². The second kappa shape index (κ2) is 9.47. The van der Waals surface area contributed by atoms with Crippen LogP contribution in [0.3, 0.4) is 0 Å². The summed E-state index contributed by atoms with van der Waals surface area (Å²) < 4.78 is 24.4. The molecule has 2 aromatic rings. The Balaban J connectivity index is 1.48.